The number of methoxy groups -OCH3 is 1. The van der Waals surface area contributed by atoms with Gasteiger partial charge in [-0.05, 0) is 19.3 Å². The van der Waals surface area contributed by atoms with Crippen LogP contribution in [0, 0.1) is 0 Å². The van der Waals surface area contributed by atoms with Crippen molar-refractivity contribution in [2.24, 2.45) is 0 Å². The van der Waals surface area contributed by atoms with Gasteiger partial charge in [0, 0.05) is 19.0 Å². The molecule has 1 aliphatic rings. The number of likely N-dealkylation sites (tertiary alicyclic amines) is 1. The van der Waals surface area contributed by atoms with E-state index in [1.54, 1.807) is 12.5 Å². The van der Waals surface area contributed by atoms with Gasteiger partial charge in [0.2, 0.25) is 0 Å². The van der Waals surface area contributed by atoms with Gasteiger partial charge in [0.25, 0.3) is 5.91 Å². The van der Waals surface area contributed by atoms with Gasteiger partial charge in [0.15, 0.2) is 0 Å². The van der Waals surface area contributed by atoms with Gasteiger partial charge in [-0.15, -0.1) is 11.3 Å². The zero-order chi connectivity index (χ0) is 13.8. The van der Waals surface area contributed by atoms with E-state index in [2.05, 4.69) is 4.98 Å². The van der Waals surface area contributed by atoms with Crippen LogP contribution >= 0.6 is 11.3 Å². The minimum atomic E-state index is -0.944. The van der Waals surface area contributed by atoms with E-state index in [1.165, 1.54) is 16.2 Å². The van der Waals surface area contributed by atoms with Crippen molar-refractivity contribution in [3.8, 4) is 0 Å². The highest BCUT2D eigenvalue weighted by Crippen LogP contribution is 2.21. The lowest BCUT2D eigenvalue weighted by atomic mass is 10.0. The average Bonchev–Trinajstić information content (AvgIpc) is 2.87. The molecule has 6 nitrogen and oxygen atoms in total. The van der Waals surface area contributed by atoms with Crippen LogP contribution in [-0.4, -0.2) is 46.6 Å². The first-order chi connectivity index (χ1) is 9.13. The molecule has 0 bridgehead atoms. The minimum absolute atomic E-state index is 0.300. The van der Waals surface area contributed by atoms with Gasteiger partial charge in [0.1, 0.15) is 16.7 Å². The molecule has 1 aromatic heterocycles. The minimum Gasteiger partial charge on any atom is -0.480 e. The molecule has 1 amide bonds. The van der Waals surface area contributed by atoms with E-state index < -0.39 is 12.0 Å². The molecule has 2 heterocycles. The molecule has 1 N–H and O–H groups in total. The smallest absolute Gasteiger partial charge is 0.326 e. The van der Waals surface area contributed by atoms with Crippen molar-refractivity contribution < 1.29 is 19.4 Å². The van der Waals surface area contributed by atoms with Crippen molar-refractivity contribution in [1.82, 2.24) is 9.88 Å². The summed E-state index contributed by atoms with van der Waals surface area (Å²) < 4.78 is 4.95. The number of aliphatic carboxylic acids is 1. The molecule has 19 heavy (non-hydrogen) atoms. The van der Waals surface area contributed by atoms with Crippen LogP contribution in [0.5, 0.6) is 0 Å². The van der Waals surface area contributed by atoms with E-state index in [0.29, 0.717) is 25.3 Å². The van der Waals surface area contributed by atoms with Gasteiger partial charge in [-0.1, -0.05) is 0 Å². The fourth-order valence-electron chi connectivity index (χ4n) is 2.18. The lowest BCUT2D eigenvalue weighted by Gasteiger charge is -2.32. The Labute approximate surface area is 115 Å². The fourth-order valence-corrected chi connectivity index (χ4v) is 2.92. The predicted octanol–water partition coefficient (Wildman–Crippen LogP) is 1.37. The molecule has 1 atom stereocenters. The summed E-state index contributed by atoms with van der Waals surface area (Å²) in [5.74, 6) is -1.24. The van der Waals surface area contributed by atoms with Crippen molar-refractivity contribution >= 4 is 23.2 Å². The molecule has 0 spiro atoms. The summed E-state index contributed by atoms with van der Waals surface area (Å²) in [6, 6.07) is -0.728. The molecule has 0 saturated carbocycles. The number of nitrogens with zero attached hydrogens (tertiary/aromatic N) is 2. The number of carboxylic acid groups (broad SMARTS) is 1. The highest BCUT2D eigenvalue weighted by atomic mass is 32.1. The third-order valence-electron chi connectivity index (χ3n) is 3.09. The van der Waals surface area contributed by atoms with Crippen LogP contribution in [0.4, 0.5) is 0 Å². The number of carbonyl (C=O) groups excluding carboxylic acids is 1. The van der Waals surface area contributed by atoms with Crippen molar-refractivity contribution in [3.63, 3.8) is 0 Å². The quantitative estimate of drug-likeness (QED) is 0.903. The number of rotatable bonds is 4. The summed E-state index contributed by atoms with van der Waals surface area (Å²) in [5.41, 5.74) is 0.310. The third-order valence-corrected chi connectivity index (χ3v) is 3.91. The number of carboxylic acids is 1. The topological polar surface area (TPSA) is 79.7 Å². The summed E-state index contributed by atoms with van der Waals surface area (Å²) in [6.45, 7) is 0.841. The Hall–Kier alpha value is -1.47. The summed E-state index contributed by atoms with van der Waals surface area (Å²) in [5, 5.41) is 11.5. The zero-order valence-electron chi connectivity index (χ0n) is 10.7. The van der Waals surface area contributed by atoms with Crippen molar-refractivity contribution in [3.05, 3.63) is 16.1 Å². The lowest BCUT2D eigenvalue weighted by molar-refractivity contribution is -0.143. The number of piperidine rings is 1. The van der Waals surface area contributed by atoms with Crippen LogP contribution in [0.2, 0.25) is 0 Å². The van der Waals surface area contributed by atoms with E-state index >= 15 is 0 Å². The van der Waals surface area contributed by atoms with Crippen molar-refractivity contribution in [1.29, 1.82) is 0 Å². The van der Waals surface area contributed by atoms with Crippen molar-refractivity contribution in [2.45, 2.75) is 31.9 Å². The maximum absolute atomic E-state index is 12.3. The molecule has 0 radical (unpaired) electrons. The molecular weight excluding hydrogens is 268 g/mol. The molecule has 0 aromatic carbocycles. The Morgan fingerprint density at radius 2 is 2.37 bits per heavy atom. The van der Waals surface area contributed by atoms with Crippen LogP contribution < -0.4 is 0 Å². The Morgan fingerprint density at radius 3 is 3.05 bits per heavy atom. The van der Waals surface area contributed by atoms with Gasteiger partial charge in [-0.25, -0.2) is 9.78 Å². The van der Waals surface area contributed by atoms with Crippen LogP contribution in [-0.2, 0) is 16.1 Å². The fraction of sp³-hybridized carbons (Fsp3) is 0.583. The van der Waals surface area contributed by atoms with Gasteiger partial charge in [0.05, 0.1) is 6.61 Å². The highest BCUT2D eigenvalue weighted by molar-refractivity contribution is 7.09. The summed E-state index contributed by atoms with van der Waals surface area (Å²) in [6.07, 6.45) is 2.19. The number of amides is 1. The molecule has 2 rings (SSSR count). The SMILES string of the molecule is COCc1nc(C(=O)N2CCCC[C@@H]2C(=O)O)cs1. The second-order valence-corrected chi connectivity index (χ2v) is 5.35. The summed E-state index contributed by atoms with van der Waals surface area (Å²) in [4.78, 5) is 29.1. The normalized spacial score (nSPS) is 19.4. The largest absolute Gasteiger partial charge is 0.480 e. The Balaban J connectivity index is 2.14. The monoisotopic (exact) mass is 284 g/mol. The standard InChI is InChI=1S/C12H16N2O4S/c1-18-6-10-13-8(7-19-10)11(15)14-5-3-2-4-9(14)12(16)17/h7,9H,2-6H2,1H3,(H,16,17)/t9-/m1/s1. The second-order valence-electron chi connectivity index (χ2n) is 4.41. The molecule has 1 aromatic rings. The van der Waals surface area contributed by atoms with Gasteiger partial charge in [-0.3, -0.25) is 4.79 Å². The summed E-state index contributed by atoms with van der Waals surface area (Å²) >= 11 is 1.35. The Morgan fingerprint density at radius 1 is 1.58 bits per heavy atom. The first-order valence-electron chi connectivity index (χ1n) is 6.10. The van der Waals surface area contributed by atoms with Gasteiger partial charge in [-0.2, -0.15) is 0 Å². The van der Waals surface area contributed by atoms with Crippen LogP contribution in [0.25, 0.3) is 0 Å². The molecule has 1 fully saturated rings. The second kappa shape index (κ2) is 6.12. The van der Waals surface area contributed by atoms with Gasteiger partial charge >= 0.3 is 5.97 Å². The van der Waals surface area contributed by atoms with Crippen molar-refractivity contribution in [2.75, 3.05) is 13.7 Å². The number of hydrogen-bond donors (Lipinski definition) is 1. The molecule has 1 saturated heterocycles. The number of hydrogen-bond acceptors (Lipinski definition) is 5. The molecule has 0 unspecified atom stereocenters. The van der Waals surface area contributed by atoms with E-state index in [4.69, 9.17) is 9.84 Å². The average molecular weight is 284 g/mol. The van der Waals surface area contributed by atoms with Crippen LogP contribution in [0.3, 0.4) is 0 Å². The number of ether oxygens (including phenoxy) is 1. The first-order valence-corrected chi connectivity index (χ1v) is 6.98. The maximum Gasteiger partial charge on any atom is 0.326 e. The molecule has 0 aliphatic carbocycles. The zero-order valence-corrected chi connectivity index (χ0v) is 11.5. The van der Waals surface area contributed by atoms with E-state index in [9.17, 15) is 9.59 Å². The number of thiazole rings is 1. The molecular formula is C12H16N2O4S. The molecule has 1 aliphatic heterocycles. The Kier molecular flexibility index (Phi) is 4.49. The molecule has 7 heteroatoms. The first kappa shape index (κ1) is 14.0. The van der Waals surface area contributed by atoms with E-state index in [0.717, 1.165) is 17.8 Å². The van der Waals surface area contributed by atoms with E-state index in [-0.39, 0.29) is 5.91 Å². The highest BCUT2D eigenvalue weighted by Gasteiger charge is 2.33. The van der Waals surface area contributed by atoms with Crippen LogP contribution in [0.1, 0.15) is 34.8 Å². The predicted molar refractivity (Wildman–Crippen MR) is 69.1 cm³/mol. The number of carbonyl (C=O) groups is 2. The molecule has 104 valence electrons. The van der Waals surface area contributed by atoms with Gasteiger partial charge < -0.3 is 14.7 Å². The maximum atomic E-state index is 12.3. The Bertz CT molecular complexity index is 474. The number of aromatic nitrogens is 1. The van der Waals surface area contributed by atoms with Crippen LogP contribution in [0.15, 0.2) is 5.38 Å². The third kappa shape index (κ3) is 3.10. The van der Waals surface area contributed by atoms with E-state index in [1.807, 2.05) is 0 Å². The summed E-state index contributed by atoms with van der Waals surface area (Å²) in [7, 11) is 1.56. The lowest BCUT2D eigenvalue weighted by Crippen LogP contribution is -2.48.